The summed E-state index contributed by atoms with van der Waals surface area (Å²) >= 11 is 0. The van der Waals surface area contributed by atoms with Crippen LogP contribution in [0.2, 0.25) is 0 Å². The first-order valence-electron chi connectivity index (χ1n) is 13.8. The van der Waals surface area contributed by atoms with Crippen LogP contribution in [0.25, 0.3) is 0 Å². The zero-order chi connectivity index (χ0) is 28.0. The lowest BCUT2D eigenvalue weighted by Crippen LogP contribution is -2.56. The van der Waals surface area contributed by atoms with E-state index in [-0.39, 0.29) is 24.3 Å². The molecular weight excluding hydrogens is 496 g/mol. The number of aliphatic hydroxyl groups is 1. The molecule has 9 nitrogen and oxygen atoms in total. The van der Waals surface area contributed by atoms with Gasteiger partial charge in [-0.1, -0.05) is 55.5 Å². The van der Waals surface area contributed by atoms with Crippen molar-refractivity contribution in [2.75, 3.05) is 39.9 Å². The summed E-state index contributed by atoms with van der Waals surface area (Å²) in [6.45, 7) is 2.79. The van der Waals surface area contributed by atoms with Gasteiger partial charge in [-0.05, 0) is 55.2 Å². The number of nitrogens with one attached hydrogen (secondary N) is 3. The molecule has 9 heteroatoms. The van der Waals surface area contributed by atoms with E-state index in [2.05, 4.69) is 47.1 Å². The number of nitrogens with zero attached hydrogens (tertiary/aromatic N) is 1. The summed E-state index contributed by atoms with van der Waals surface area (Å²) < 4.78 is 5.95. The fourth-order valence-corrected chi connectivity index (χ4v) is 4.43. The van der Waals surface area contributed by atoms with Gasteiger partial charge < -0.3 is 30.7 Å². The van der Waals surface area contributed by atoms with E-state index in [1.807, 2.05) is 30.3 Å². The van der Waals surface area contributed by atoms with E-state index in [9.17, 15) is 19.5 Å². The van der Waals surface area contributed by atoms with Crippen LogP contribution in [-0.2, 0) is 27.2 Å². The van der Waals surface area contributed by atoms with E-state index in [0.29, 0.717) is 19.7 Å². The van der Waals surface area contributed by atoms with Crippen LogP contribution >= 0.6 is 0 Å². The molecule has 1 aliphatic carbocycles. The normalized spacial score (nSPS) is 21.6. The largest absolute Gasteiger partial charge is 0.492 e. The SMILES string of the molecule is CCc1ccccc1.CN1C(=O)C(C2CC2)NCCOc2ccccc2CCCNC(=O)CNC(=O)C1CO. The minimum atomic E-state index is -1.05. The Balaban J connectivity index is 0.000000449. The summed E-state index contributed by atoms with van der Waals surface area (Å²) in [5.41, 5.74) is 2.47. The summed E-state index contributed by atoms with van der Waals surface area (Å²) in [6.07, 6.45) is 4.50. The number of amides is 3. The standard InChI is InChI=1S/C22H32N4O5.C8H10/c1-26-17(14-27)21(29)25-13-19(28)23-10-4-6-15-5-2-3-7-18(15)31-12-11-24-20(22(26)30)16-8-9-16;1-2-8-6-4-3-5-7-8/h2-3,5,7,16-17,20,24,27H,4,6,8-14H2,1H3,(H,23,28)(H,25,29);3-7H,2H2,1H3. The van der Waals surface area contributed by atoms with Gasteiger partial charge in [0.05, 0.1) is 19.2 Å². The molecule has 3 amide bonds. The van der Waals surface area contributed by atoms with E-state index in [4.69, 9.17) is 4.74 Å². The number of fused-ring (bicyclic) bond motifs is 1. The Morgan fingerprint density at radius 1 is 0.974 bits per heavy atom. The molecule has 0 aromatic heterocycles. The van der Waals surface area contributed by atoms with Crippen molar-refractivity contribution >= 4 is 17.7 Å². The van der Waals surface area contributed by atoms with Gasteiger partial charge in [0.2, 0.25) is 17.7 Å². The molecular formula is C30H42N4O5. The van der Waals surface area contributed by atoms with Crippen LogP contribution < -0.4 is 20.7 Å². The van der Waals surface area contributed by atoms with Crippen molar-refractivity contribution in [2.24, 2.45) is 5.92 Å². The number of para-hydroxylation sites is 1. The highest BCUT2D eigenvalue weighted by Gasteiger charge is 2.39. The van der Waals surface area contributed by atoms with Crippen LogP contribution in [0.1, 0.15) is 37.3 Å². The number of carbonyl (C=O) groups is 3. The highest BCUT2D eigenvalue weighted by molar-refractivity contribution is 5.92. The summed E-state index contributed by atoms with van der Waals surface area (Å²) in [5.74, 6) is -0.108. The number of ether oxygens (including phenoxy) is 1. The van der Waals surface area contributed by atoms with Crippen molar-refractivity contribution in [2.45, 2.75) is 51.1 Å². The second-order valence-electron chi connectivity index (χ2n) is 9.88. The molecule has 2 atom stereocenters. The molecule has 1 aliphatic heterocycles. The highest BCUT2D eigenvalue weighted by Crippen LogP contribution is 2.33. The Morgan fingerprint density at radius 2 is 1.69 bits per heavy atom. The predicted molar refractivity (Wildman–Crippen MR) is 150 cm³/mol. The molecule has 0 saturated heterocycles. The van der Waals surface area contributed by atoms with Crippen molar-refractivity contribution in [1.29, 1.82) is 0 Å². The number of carbonyl (C=O) groups excluding carboxylic acids is 3. The zero-order valence-corrected chi connectivity index (χ0v) is 23.0. The fourth-order valence-electron chi connectivity index (χ4n) is 4.43. The third kappa shape index (κ3) is 9.67. The van der Waals surface area contributed by atoms with E-state index in [0.717, 1.165) is 43.4 Å². The first kappa shape index (κ1) is 30.1. The third-order valence-electron chi connectivity index (χ3n) is 6.97. The van der Waals surface area contributed by atoms with Crippen molar-refractivity contribution < 1.29 is 24.2 Å². The monoisotopic (exact) mass is 538 g/mol. The van der Waals surface area contributed by atoms with Crippen LogP contribution in [0, 0.1) is 5.92 Å². The molecule has 1 fully saturated rings. The van der Waals surface area contributed by atoms with Crippen LogP contribution in [0.5, 0.6) is 5.75 Å². The van der Waals surface area contributed by atoms with Gasteiger partial charge >= 0.3 is 0 Å². The number of aliphatic hydroxyl groups excluding tert-OH is 1. The number of benzene rings is 2. The van der Waals surface area contributed by atoms with Gasteiger partial charge in [0.1, 0.15) is 18.4 Å². The average molecular weight is 539 g/mol. The number of aryl methyl sites for hydroxylation is 2. The Bertz CT molecular complexity index is 1060. The van der Waals surface area contributed by atoms with Gasteiger partial charge in [0, 0.05) is 20.1 Å². The van der Waals surface area contributed by atoms with Crippen LogP contribution in [0.3, 0.4) is 0 Å². The van der Waals surface area contributed by atoms with Crippen LogP contribution in [-0.4, -0.2) is 79.7 Å². The molecule has 2 aliphatic rings. The minimum Gasteiger partial charge on any atom is -0.492 e. The number of rotatable bonds is 3. The third-order valence-corrected chi connectivity index (χ3v) is 6.97. The lowest BCUT2D eigenvalue weighted by atomic mass is 10.1. The summed E-state index contributed by atoms with van der Waals surface area (Å²) in [6, 6.07) is 16.8. The second-order valence-corrected chi connectivity index (χ2v) is 9.88. The number of likely N-dealkylation sites (N-methyl/N-ethyl adjacent to an activating group) is 1. The lowest BCUT2D eigenvalue weighted by molar-refractivity contribution is -0.142. The van der Waals surface area contributed by atoms with E-state index >= 15 is 0 Å². The van der Waals surface area contributed by atoms with Gasteiger partial charge in [-0.25, -0.2) is 0 Å². The summed E-state index contributed by atoms with van der Waals surface area (Å²) in [7, 11) is 1.50. The topological polar surface area (TPSA) is 120 Å². The van der Waals surface area contributed by atoms with Crippen molar-refractivity contribution in [3.05, 3.63) is 65.7 Å². The minimum absolute atomic E-state index is 0.207. The molecule has 0 radical (unpaired) electrons. The molecule has 212 valence electrons. The molecule has 0 bridgehead atoms. The van der Waals surface area contributed by atoms with Crippen molar-refractivity contribution in [1.82, 2.24) is 20.9 Å². The average Bonchev–Trinajstić information content (AvgIpc) is 3.80. The Labute approximate surface area is 231 Å². The lowest BCUT2D eigenvalue weighted by Gasteiger charge is -2.30. The molecule has 2 unspecified atom stereocenters. The summed E-state index contributed by atoms with van der Waals surface area (Å²) in [5, 5.41) is 18.3. The molecule has 39 heavy (non-hydrogen) atoms. The molecule has 2 aromatic carbocycles. The fraction of sp³-hybridized carbons (Fsp3) is 0.500. The Kier molecular flexibility index (Phi) is 12.2. The first-order chi connectivity index (χ1) is 18.9. The van der Waals surface area contributed by atoms with Gasteiger partial charge in [0.25, 0.3) is 0 Å². The molecule has 4 rings (SSSR count). The Hall–Kier alpha value is -3.43. The van der Waals surface area contributed by atoms with Crippen molar-refractivity contribution in [3.8, 4) is 5.75 Å². The highest BCUT2D eigenvalue weighted by atomic mass is 16.5. The van der Waals surface area contributed by atoms with E-state index < -0.39 is 24.6 Å². The zero-order valence-electron chi connectivity index (χ0n) is 23.0. The van der Waals surface area contributed by atoms with Crippen LogP contribution in [0.4, 0.5) is 0 Å². The van der Waals surface area contributed by atoms with Gasteiger partial charge in [-0.15, -0.1) is 0 Å². The quantitative estimate of drug-likeness (QED) is 0.472. The molecule has 1 saturated carbocycles. The van der Waals surface area contributed by atoms with Gasteiger partial charge in [-0.2, -0.15) is 0 Å². The molecule has 0 spiro atoms. The van der Waals surface area contributed by atoms with Gasteiger partial charge in [0.15, 0.2) is 0 Å². The number of hydrogen-bond donors (Lipinski definition) is 4. The Morgan fingerprint density at radius 3 is 2.36 bits per heavy atom. The predicted octanol–water partition coefficient (Wildman–Crippen LogP) is 1.68. The van der Waals surface area contributed by atoms with E-state index in [1.165, 1.54) is 17.5 Å². The first-order valence-corrected chi connectivity index (χ1v) is 13.8. The molecule has 1 heterocycles. The van der Waals surface area contributed by atoms with Gasteiger partial charge in [-0.3, -0.25) is 14.4 Å². The summed E-state index contributed by atoms with van der Waals surface area (Å²) in [4.78, 5) is 38.9. The molecule has 2 aromatic rings. The molecule has 4 N–H and O–H groups in total. The number of hydrogen-bond acceptors (Lipinski definition) is 6. The second kappa shape index (κ2) is 15.9. The maximum absolute atomic E-state index is 13.0. The maximum atomic E-state index is 13.0. The van der Waals surface area contributed by atoms with Crippen LogP contribution in [0.15, 0.2) is 54.6 Å². The maximum Gasteiger partial charge on any atom is 0.245 e. The van der Waals surface area contributed by atoms with Crippen molar-refractivity contribution in [3.63, 3.8) is 0 Å². The smallest absolute Gasteiger partial charge is 0.245 e. The van der Waals surface area contributed by atoms with E-state index in [1.54, 1.807) is 0 Å².